The fourth-order valence-corrected chi connectivity index (χ4v) is 2.56. The maximum Gasteiger partial charge on any atom is 0.338 e. The number of ether oxygens (including phenoxy) is 2. The van der Waals surface area contributed by atoms with Gasteiger partial charge >= 0.3 is 11.9 Å². The molecule has 0 aliphatic carbocycles. The summed E-state index contributed by atoms with van der Waals surface area (Å²) in [6.45, 7) is 3.07. The summed E-state index contributed by atoms with van der Waals surface area (Å²) in [6, 6.07) is 12.5. The molecule has 0 aliphatic heterocycles. The largest absolute Gasteiger partial charge is 0.465 e. The van der Waals surface area contributed by atoms with Gasteiger partial charge in [-0.15, -0.1) is 0 Å². The van der Waals surface area contributed by atoms with E-state index < -0.39 is 17.8 Å². The van der Waals surface area contributed by atoms with Gasteiger partial charge in [-0.2, -0.15) is 0 Å². The van der Waals surface area contributed by atoms with Gasteiger partial charge in [0.1, 0.15) is 6.54 Å². The summed E-state index contributed by atoms with van der Waals surface area (Å²) in [4.78, 5) is 49.1. The molecular formula is C21H22N2O6. The highest BCUT2D eigenvalue weighted by Gasteiger charge is 2.17. The van der Waals surface area contributed by atoms with Crippen molar-refractivity contribution in [3.8, 4) is 0 Å². The summed E-state index contributed by atoms with van der Waals surface area (Å²) in [5, 5.41) is 2.65. The summed E-state index contributed by atoms with van der Waals surface area (Å²) in [5.74, 6) is -1.77. The van der Waals surface area contributed by atoms with Crippen molar-refractivity contribution in [2.24, 2.45) is 0 Å². The van der Waals surface area contributed by atoms with E-state index in [9.17, 15) is 19.2 Å². The summed E-state index contributed by atoms with van der Waals surface area (Å²) in [7, 11) is 1.27. The van der Waals surface area contributed by atoms with Crippen LogP contribution in [0.1, 0.15) is 34.6 Å². The van der Waals surface area contributed by atoms with Crippen molar-refractivity contribution in [2.45, 2.75) is 13.8 Å². The summed E-state index contributed by atoms with van der Waals surface area (Å²) in [6.07, 6.45) is 0. The number of carbonyl (C=O) groups excluding carboxylic acids is 4. The van der Waals surface area contributed by atoms with Crippen LogP contribution in [0, 0.1) is 0 Å². The zero-order valence-corrected chi connectivity index (χ0v) is 16.4. The van der Waals surface area contributed by atoms with Crippen LogP contribution in [0.4, 0.5) is 11.4 Å². The number of hydrogen-bond donors (Lipinski definition) is 1. The molecular weight excluding hydrogens is 376 g/mol. The van der Waals surface area contributed by atoms with E-state index in [2.05, 4.69) is 10.1 Å². The zero-order valence-electron chi connectivity index (χ0n) is 16.4. The molecule has 0 heterocycles. The van der Waals surface area contributed by atoms with E-state index in [-0.39, 0.29) is 19.1 Å². The quantitative estimate of drug-likeness (QED) is 0.720. The Morgan fingerprint density at radius 3 is 2.24 bits per heavy atom. The second-order valence-electron chi connectivity index (χ2n) is 5.99. The number of hydrogen-bond acceptors (Lipinski definition) is 6. The number of carbonyl (C=O) groups is 4. The van der Waals surface area contributed by atoms with Gasteiger partial charge in [-0.25, -0.2) is 9.59 Å². The van der Waals surface area contributed by atoms with Crippen LogP contribution in [0.5, 0.6) is 0 Å². The van der Waals surface area contributed by atoms with Gasteiger partial charge in [0.05, 0.1) is 24.8 Å². The molecule has 8 heteroatoms. The van der Waals surface area contributed by atoms with Crippen molar-refractivity contribution in [2.75, 3.05) is 30.5 Å². The van der Waals surface area contributed by atoms with Gasteiger partial charge in [-0.05, 0) is 49.4 Å². The van der Waals surface area contributed by atoms with Crippen LogP contribution in [0.3, 0.4) is 0 Å². The molecule has 152 valence electrons. The lowest BCUT2D eigenvalue weighted by Crippen LogP contribution is -2.36. The molecule has 29 heavy (non-hydrogen) atoms. The fourth-order valence-electron chi connectivity index (χ4n) is 2.56. The van der Waals surface area contributed by atoms with Crippen molar-refractivity contribution in [1.29, 1.82) is 0 Å². The van der Waals surface area contributed by atoms with Gasteiger partial charge in [-0.1, -0.05) is 6.07 Å². The molecule has 0 bridgehead atoms. The van der Waals surface area contributed by atoms with E-state index in [1.807, 2.05) is 0 Å². The molecule has 0 saturated heterocycles. The van der Waals surface area contributed by atoms with Gasteiger partial charge in [0, 0.05) is 18.3 Å². The van der Waals surface area contributed by atoms with E-state index in [0.29, 0.717) is 22.5 Å². The Hall–Kier alpha value is -3.68. The Morgan fingerprint density at radius 1 is 0.966 bits per heavy atom. The molecule has 0 aromatic heterocycles. The molecule has 0 unspecified atom stereocenters. The smallest absolute Gasteiger partial charge is 0.338 e. The van der Waals surface area contributed by atoms with Crippen molar-refractivity contribution >= 4 is 35.1 Å². The first-order valence-corrected chi connectivity index (χ1v) is 8.89. The molecule has 1 N–H and O–H groups in total. The summed E-state index contributed by atoms with van der Waals surface area (Å²) >= 11 is 0. The van der Waals surface area contributed by atoms with E-state index >= 15 is 0 Å². The minimum atomic E-state index is -0.520. The van der Waals surface area contributed by atoms with E-state index in [4.69, 9.17) is 4.74 Å². The molecule has 2 amide bonds. The Bertz CT molecular complexity index is 908. The predicted octanol–water partition coefficient (Wildman–Crippen LogP) is 2.64. The summed E-state index contributed by atoms with van der Waals surface area (Å²) in [5.41, 5.74) is 1.51. The first-order valence-electron chi connectivity index (χ1n) is 8.89. The highest BCUT2D eigenvalue weighted by molar-refractivity contribution is 6.02. The Kier molecular flexibility index (Phi) is 7.47. The molecule has 0 atom stereocenters. The third-order valence-electron chi connectivity index (χ3n) is 3.94. The van der Waals surface area contributed by atoms with E-state index in [0.717, 1.165) is 0 Å². The minimum absolute atomic E-state index is 0.240. The van der Waals surface area contributed by atoms with Crippen molar-refractivity contribution in [3.63, 3.8) is 0 Å². The third-order valence-corrected chi connectivity index (χ3v) is 3.94. The maximum atomic E-state index is 12.4. The average Bonchev–Trinajstić information content (AvgIpc) is 2.71. The number of nitrogens with zero attached hydrogens (tertiary/aromatic N) is 1. The van der Waals surface area contributed by atoms with E-state index in [1.54, 1.807) is 37.3 Å². The molecule has 0 fully saturated rings. The van der Waals surface area contributed by atoms with Crippen LogP contribution in [0.2, 0.25) is 0 Å². The normalized spacial score (nSPS) is 10.0. The molecule has 0 spiro atoms. The standard InChI is InChI=1S/C21H22N2O6/c1-4-29-21(27)15-8-10-18(11-9-15)23(14(2)24)13-19(25)22-17-7-5-6-16(12-17)20(26)28-3/h5-12H,4,13H2,1-3H3,(H,22,25). The lowest BCUT2D eigenvalue weighted by molar-refractivity contribution is -0.120. The lowest BCUT2D eigenvalue weighted by atomic mass is 10.2. The van der Waals surface area contributed by atoms with Crippen LogP contribution >= 0.6 is 0 Å². The minimum Gasteiger partial charge on any atom is -0.465 e. The monoisotopic (exact) mass is 398 g/mol. The van der Waals surface area contributed by atoms with Gasteiger partial charge < -0.3 is 19.7 Å². The predicted molar refractivity (Wildman–Crippen MR) is 107 cm³/mol. The van der Waals surface area contributed by atoms with Crippen LogP contribution in [-0.4, -0.2) is 44.0 Å². The number of rotatable bonds is 7. The number of methoxy groups -OCH3 is 1. The second-order valence-corrected chi connectivity index (χ2v) is 5.99. The Balaban J connectivity index is 2.10. The second kappa shape index (κ2) is 10.0. The molecule has 2 aromatic carbocycles. The lowest BCUT2D eigenvalue weighted by Gasteiger charge is -2.21. The molecule has 2 rings (SSSR count). The molecule has 8 nitrogen and oxygen atoms in total. The highest BCUT2D eigenvalue weighted by atomic mass is 16.5. The fraction of sp³-hybridized carbons (Fsp3) is 0.238. The first-order chi connectivity index (χ1) is 13.8. The van der Waals surface area contributed by atoms with Crippen molar-refractivity contribution in [1.82, 2.24) is 0 Å². The summed E-state index contributed by atoms with van der Waals surface area (Å²) < 4.78 is 9.58. The maximum absolute atomic E-state index is 12.4. The number of anilines is 2. The van der Waals surface area contributed by atoms with Crippen LogP contribution in [0.25, 0.3) is 0 Å². The van der Waals surface area contributed by atoms with Gasteiger partial charge in [0.2, 0.25) is 11.8 Å². The Morgan fingerprint density at radius 2 is 1.66 bits per heavy atom. The number of nitrogens with one attached hydrogen (secondary N) is 1. The molecule has 2 aromatic rings. The van der Waals surface area contributed by atoms with Crippen LogP contribution in [0.15, 0.2) is 48.5 Å². The molecule has 0 aliphatic rings. The molecule has 0 radical (unpaired) electrons. The highest BCUT2D eigenvalue weighted by Crippen LogP contribution is 2.17. The SMILES string of the molecule is CCOC(=O)c1ccc(N(CC(=O)Nc2cccc(C(=O)OC)c2)C(C)=O)cc1. The number of benzene rings is 2. The zero-order chi connectivity index (χ0) is 21.4. The topological polar surface area (TPSA) is 102 Å². The van der Waals surface area contributed by atoms with E-state index in [1.165, 1.54) is 37.1 Å². The van der Waals surface area contributed by atoms with Crippen molar-refractivity contribution < 1.29 is 28.7 Å². The third kappa shape index (κ3) is 5.90. The van der Waals surface area contributed by atoms with Gasteiger partial charge in [0.15, 0.2) is 0 Å². The number of amides is 2. The van der Waals surface area contributed by atoms with Crippen LogP contribution in [-0.2, 0) is 19.1 Å². The average molecular weight is 398 g/mol. The van der Waals surface area contributed by atoms with Crippen molar-refractivity contribution in [3.05, 3.63) is 59.7 Å². The van der Waals surface area contributed by atoms with Crippen LogP contribution < -0.4 is 10.2 Å². The Labute approximate surface area is 168 Å². The first kappa shape index (κ1) is 21.6. The van der Waals surface area contributed by atoms with Gasteiger partial charge in [0.25, 0.3) is 0 Å². The van der Waals surface area contributed by atoms with Gasteiger partial charge in [-0.3, -0.25) is 9.59 Å². The number of esters is 2. The molecule has 0 saturated carbocycles.